The Bertz CT molecular complexity index is 489. The number of nitrogens with zero attached hydrogens (tertiary/aromatic N) is 1. The zero-order valence-corrected chi connectivity index (χ0v) is 16.0. The van der Waals surface area contributed by atoms with Gasteiger partial charge in [-0.2, -0.15) is 0 Å². The molecule has 1 atom stereocenters. The molecule has 1 aliphatic rings. The molecule has 2 nitrogen and oxygen atoms in total. The molecule has 0 aliphatic carbocycles. The third-order valence-electron chi connectivity index (χ3n) is 5.28. The summed E-state index contributed by atoms with van der Waals surface area (Å²) in [6.45, 7) is 17.8. The summed E-state index contributed by atoms with van der Waals surface area (Å²) in [6, 6.07) is 9.30. The molecule has 130 valence electrons. The first-order chi connectivity index (χ1) is 10.7. The highest BCUT2D eigenvalue weighted by molar-refractivity contribution is 5.28. The van der Waals surface area contributed by atoms with Gasteiger partial charge in [-0.1, -0.05) is 52.0 Å². The van der Waals surface area contributed by atoms with E-state index < -0.39 is 0 Å². The quantitative estimate of drug-likeness (QED) is 0.756. The number of rotatable bonds is 6. The van der Waals surface area contributed by atoms with Gasteiger partial charge >= 0.3 is 0 Å². The molecule has 1 unspecified atom stereocenters. The smallest absolute Gasteiger partial charge is 0.0753 e. The maximum atomic E-state index is 5.81. The Labute approximate surface area is 143 Å². The predicted molar refractivity (Wildman–Crippen MR) is 99.1 cm³/mol. The second-order valence-corrected chi connectivity index (χ2v) is 8.59. The van der Waals surface area contributed by atoms with Crippen LogP contribution in [-0.2, 0) is 16.6 Å². The number of ether oxygens (including phenoxy) is 1. The molecule has 2 rings (SSSR count). The molecule has 1 fully saturated rings. The summed E-state index contributed by atoms with van der Waals surface area (Å²) in [5, 5.41) is 0. The molecule has 1 aromatic carbocycles. The molecule has 23 heavy (non-hydrogen) atoms. The molecule has 0 bridgehead atoms. The average Bonchev–Trinajstić information content (AvgIpc) is 2.46. The SMILES string of the molecule is CCC(C)(C)c1ccc(CC(C)CN2CCOC(C)(C)C2)cc1. The van der Waals surface area contributed by atoms with E-state index in [-0.39, 0.29) is 11.0 Å². The van der Waals surface area contributed by atoms with Crippen LogP contribution in [-0.4, -0.2) is 36.7 Å². The molecule has 0 N–H and O–H groups in total. The lowest BCUT2D eigenvalue weighted by molar-refractivity contribution is -0.0884. The van der Waals surface area contributed by atoms with Crippen molar-refractivity contribution >= 4 is 0 Å². The highest BCUT2D eigenvalue weighted by Crippen LogP contribution is 2.27. The summed E-state index contributed by atoms with van der Waals surface area (Å²) >= 11 is 0. The van der Waals surface area contributed by atoms with E-state index in [1.165, 1.54) is 17.5 Å². The van der Waals surface area contributed by atoms with Crippen molar-refractivity contribution in [2.75, 3.05) is 26.2 Å². The predicted octanol–water partition coefficient (Wildman–Crippen LogP) is 4.66. The average molecular weight is 318 g/mol. The van der Waals surface area contributed by atoms with Gasteiger partial charge in [0.2, 0.25) is 0 Å². The number of hydrogen-bond donors (Lipinski definition) is 0. The van der Waals surface area contributed by atoms with Crippen molar-refractivity contribution in [3.05, 3.63) is 35.4 Å². The van der Waals surface area contributed by atoms with Crippen LogP contribution in [0.25, 0.3) is 0 Å². The first-order valence-corrected chi connectivity index (χ1v) is 9.17. The Morgan fingerprint density at radius 2 is 1.87 bits per heavy atom. The third kappa shape index (κ3) is 5.32. The molecule has 0 radical (unpaired) electrons. The molecule has 0 aromatic heterocycles. The first-order valence-electron chi connectivity index (χ1n) is 9.17. The Kier molecular flexibility index (Phi) is 5.91. The van der Waals surface area contributed by atoms with Crippen molar-refractivity contribution in [1.82, 2.24) is 4.90 Å². The molecular formula is C21H35NO. The largest absolute Gasteiger partial charge is 0.373 e. The minimum Gasteiger partial charge on any atom is -0.373 e. The zero-order chi connectivity index (χ0) is 17.1. The van der Waals surface area contributed by atoms with E-state index in [0.717, 1.165) is 32.7 Å². The number of morpholine rings is 1. The Hall–Kier alpha value is -0.860. The fourth-order valence-corrected chi connectivity index (χ4v) is 3.47. The summed E-state index contributed by atoms with van der Waals surface area (Å²) in [4.78, 5) is 2.56. The molecule has 1 aromatic rings. The molecule has 1 saturated heterocycles. The van der Waals surface area contributed by atoms with E-state index in [4.69, 9.17) is 4.74 Å². The van der Waals surface area contributed by atoms with Crippen LogP contribution >= 0.6 is 0 Å². The lowest BCUT2D eigenvalue weighted by Crippen LogP contribution is -2.49. The van der Waals surface area contributed by atoms with Crippen molar-refractivity contribution < 1.29 is 4.74 Å². The monoisotopic (exact) mass is 317 g/mol. The van der Waals surface area contributed by atoms with Crippen LogP contribution < -0.4 is 0 Å². The van der Waals surface area contributed by atoms with Gasteiger partial charge in [-0.3, -0.25) is 4.90 Å². The van der Waals surface area contributed by atoms with Gasteiger partial charge in [0.25, 0.3) is 0 Å². The van der Waals surface area contributed by atoms with Crippen LogP contribution in [0.4, 0.5) is 0 Å². The topological polar surface area (TPSA) is 12.5 Å². The highest BCUT2D eigenvalue weighted by Gasteiger charge is 2.27. The minimum absolute atomic E-state index is 0.00531. The number of benzene rings is 1. The van der Waals surface area contributed by atoms with Gasteiger partial charge in [0.05, 0.1) is 12.2 Å². The van der Waals surface area contributed by atoms with Gasteiger partial charge < -0.3 is 4.74 Å². The summed E-state index contributed by atoms with van der Waals surface area (Å²) < 4.78 is 5.81. The van der Waals surface area contributed by atoms with Crippen LogP contribution in [0.1, 0.15) is 59.1 Å². The van der Waals surface area contributed by atoms with Gasteiger partial charge in [-0.25, -0.2) is 0 Å². The van der Waals surface area contributed by atoms with Crippen molar-refractivity contribution in [3.63, 3.8) is 0 Å². The van der Waals surface area contributed by atoms with Crippen LogP contribution in [0, 0.1) is 5.92 Å². The van der Waals surface area contributed by atoms with Crippen LogP contribution in [0.3, 0.4) is 0 Å². The van der Waals surface area contributed by atoms with Gasteiger partial charge in [0, 0.05) is 19.6 Å². The van der Waals surface area contributed by atoms with Crippen LogP contribution in [0.5, 0.6) is 0 Å². The van der Waals surface area contributed by atoms with Crippen LogP contribution in [0.15, 0.2) is 24.3 Å². The summed E-state index contributed by atoms with van der Waals surface area (Å²) in [5.41, 5.74) is 3.20. The zero-order valence-electron chi connectivity index (χ0n) is 16.0. The van der Waals surface area contributed by atoms with E-state index in [0.29, 0.717) is 5.92 Å². The molecule has 0 spiro atoms. The van der Waals surface area contributed by atoms with Crippen LogP contribution in [0.2, 0.25) is 0 Å². The fraction of sp³-hybridized carbons (Fsp3) is 0.714. The molecule has 2 heteroatoms. The fourth-order valence-electron chi connectivity index (χ4n) is 3.47. The Morgan fingerprint density at radius 1 is 1.22 bits per heavy atom. The third-order valence-corrected chi connectivity index (χ3v) is 5.28. The summed E-state index contributed by atoms with van der Waals surface area (Å²) in [7, 11) is 0. The normalized spacial score (nSPS) is 20.4. The van der Waals surface area contributed by atoms with Crippen molar-refractivity contribution in [1.29, 1.82) is 0 Å². The van der Waals surface area contributed by atoms with E-state index >= 15 is 0 Å². The van der Waals surface area contributed by atoms with E-state index in [9.17, 15) is 0 Å². The highest BCUT2D eigenvalue weighted by atomic mass is 16.5. The lowest BCUT2D eigenvalue weighted by atomic mass is 9.82. The second-order valence-electron chi connectivity index (χ2n) is 8.59. The molecule has 1 aliphatic heterocycles. The van der Waals surface area contributed by atoms with Crippen molar-refractivity contribution in [3.8, 4) is 0 Å². The van der Waals surface area contributed by atoms with Gasteiger partial charge in [0.1, 0.15) is 0 Å². The van der Waals surface area contributed by atoms with E-state index in [1.807, 2.05) is 0 Å². The number of hydrogen-bond acceptors (Lipinski definition) is 2. The first kappa shape index (κ1) is 18.5. The standard InChI is InChI=1S/C21H35NO/c1-7-20(3,4)19-10-8-18(9-11-19)14-17(2)15-22-12-13-23-21(5,6)16-22/h8-11,17H,7,12-16H2,1-6H3. The Morgan fingerprint density at radius 3 is 2.43 bits per heavy atom. The van der Waals surface area contributed by atoms with E-state index in [1.54, 1.807) is 0 Å². The second kappa shape index (κ2) is 7.36. The van der Waals surface area contributed by atoms with Gasteiger partial charge in [-0.05, 0) is 49.1 Å². The maximum absolute atomic E-state index is 5.81. The van der Waals surface area contributed by atoms with E-state index in [2.05, 4.69) is 70.7 Å². The Balaban J connectivity index is 1.89. The van der Waals surface area contributed by atoms with Gasteiger partial charge in [0.15, 0.2) is 0 Å². The molecule has 1 heterocycles. The molecule has 0 amide bonds. The van der Waals surface area contributed by atoms with Gasteiger partial charge in [-0.15, -0.1) is 0 Å². The molecular weight excluding hydrogens is 282 g/mol. The molecule has 0 saturated carbocycles. The van der Waals surface area contributed by atoms with Crippen molar-refractivity contribution in [2.24, 2.45) is 5.92 Å². The lowest BCUT2D eigenvalue weighted by Gasteiger charge is -2.39. The maximum Gasteiger partial charge on any atom is 0.0753 e. The summed E-state index contributed by atoms with van der Waals surface area (Å²) in [5.74, 6) is 0.675. The van der Waals surface area contributed by atoms with Crippen molar-refractivity contribution in [2.45, 2.75) is 65.4 Å². The minimum atomic E-state index is 0.00531. The summed E-state index contributed by atoms with van der Waals surface area (Å²) in [6.07, 6.45) is 2.33.